The summed E-state index contributed by atoms with van der Waals surface area (Å²) < 4.78 is 1.21. The summed E-state index contributed by atoms with van der Waals surface area (Å²) in [4.78, 5) is 8.44. The van der Waals surface area contributed by atoms with Crippen LogP contribution in [0, 0.1) is 13.8 Å². The number of fused-ring (bicyclic) bond motifs is 1. The Morgan fingerprint density at radius 3 is 2.91 bits per heavy atom. The Morgan fingerprint density at radius 1 is 1.36 bits per heavy atom. The van der Waals surface area contributed by atoms with Crippen molar-refractivity contribution in [1.29, 1.82) is 0 Å². The second kappa shape index (κ2) is 2.27. The predicted molar refractivity (Wildman–Crippen MR) is 46.9 cm³/mol. The molecule has 0 N–H and O–H groups in total. The molecule has 0 aliphatic carbocycles. The Morgan fingerprint density at radius 2 is 2.18 bits per heavy atom. The molecule has 0 radical (unpaired) electrons. The van der Waals surface area contributed by atoms with E-state index in [1.54, 1.807) is 17.5 Å². The van der Waals surface area contributed by atoms with Crippen molar-refractivity contribution in [3.63, 3.8) is 0 Å². The normalized spacial score (nSPS) is 10.7. The van der Waals surface area contributed by atoms with Gasteiger partial charge in [-0.1, -0.05) is 0 Å². The zero-order valence-corrected chi connectivity index (χ0v) is 7.27. The van der Waals surface area contributed by atoms with Gasteiger partial charge in [0, 0.05) is 6.20 Å². The van der Waals surface area contributed by atoms with Crippen molar-refractivity contribution < 1.29 is 0 Å². The number of rotatable bonds is 0. The van der Waals surface area contributed by atoms with E-state index < -0.39 is 0 Å². The minimum atomic E-state index is 0.882. The van der Waals surface area contributed by atoms with E-state index in [0.717, 1.165) is 10.7 Å². The van der Waals surface area contributed by atoms with Gasteiger partial charge in [0.25, 0.3) is 0 Å². The van der Waals surface area contributed by atoms with Gasteiger partial charge in [-0.2, -0.15) is 0 Å². The van der Waals surface area contributed by atoms with Crippen molar-refractivity contribution >= 4 is 21.7 Å². The molecule has 0 aromatic carbocycles. The molecule has 0 bridgehead atoms. The topological polar surface area (TPSA) is 25.8 Å². The lowest BCUT2D eigenvalue weighted by Gasteiger charge is -1.89. The molecule has 0 fully saturated rings. The fourth-order valence-electron chi connectivity index (χ4n) is 1.06. The first-order chi connectivity index (χ1) is 5.27. The third kappa shape index (κ3) is 1.01. The molecule has 2 aromatic rings. The molecule has 0 unspecified atom stereocenters. The molecule has 0 saturated carbocycles. The Bertz CT molecular complexity index is 392. The molecule has 2 rings (SSSR count). The number of nitrogens with zero attached hydrogens (tertiary/aromatic N) is 2. The number of aromatic nitrogens is 2. The summed E-state index contributed by atoms with van der Waals surface area (Å²) in [5, 5.41) is 1.09. The maximum absolute atomic E-state index is 4.28. The standard InChI is InChI=1S/C8H8N2S/c1-5-3-4-9-8-7(5)11-6(2)10-8/h3-4H,1-2H3. The molecule has 0 atom stereocenters. The number of pyridine rings is 1. The summed E-state index contributed by atoms with van der Waals surface area (Å²) in [6.45, 7) is 4.09. The van der Waals surface area contributed by atoms with Crippen molar-refractivity contribution in [2.45, 2.75) is 13.8 Å². The molecule has 0 aliphatic rings. The second-order valence-electron chi connectivity index (χ2n) is 2.51. The quantitative estimate of drug-likeness (QED) is 0.597. The first kappa shape index (κ1) is 6.73. The molecule has 0 saturated heterocycles. The van der Waals surface area contributed by atoms with Crippen molar-refractivity contribution in [2.75, 3.05) is 0 Å². The Labute approximate surface area is 68.9 Å². The van der Waals surface area contributed by atoms with Crippen LogP contribution in [0.3, 0.4) is 0 Å². The highest BCUT2D eigenvalue weighted by molar-refractivity contribution is 7.18. The van der Waals surface area contributed by atoms with Gasteiger partial charge in [-0.3, -0.25) is 0 Å². The Hall–Kier alpha value is -0.960. The fraction of sp³-hybridized carbons (Fsp3) is 0.250. The SMILES string of the molecule is Cc1nc2nccc(C)c2s1. The molecule has 2 nitrogen and oxygen atoms in total. The van der Waals surface area contributed by atoms with Crippen molar-refractivity contribution in [2.24, 2.45) is 0 Å². The summed E-state index contributed by atoms with van der Waals surface area (Å²) in [7, 11) is 0. The van der Waals surface area contributed by atoms with Crippen LogP contribution in [0.2, 0.25) is 0 Å². The third-order valence-electron chi connectivity index (χ3n) is 1.60. The molecule has 0 amide bonds. The monoisotopic (exact) mass is 164 g/mol. The number of aryl methyl sites for hydroxylation is 2. The highest BCUT2D eigenvalue weighted by atomic mass is 32.1. The van der Waals surface area contributed by atoms with E-state index in [2.05, 4.69) is 16.9 Å². The van der Waals surface area contributed by atoms with Gasteiger partial charge in [0.2, 0.25) is 0 Å². The van der Waals surface area contributed by atoms with Crippen LogP contribution in [-0.2, 0) is 0 Å². The van der Waals surface area contributed by atoms with E-state index >= 15 is 0 Å². The van der Waals surface area contributed by atoms with Crippen LogP contribution in [0.1, 0.15) is 10.6 Å². The van der Waals surface area contributed by atoms with Gasteiger partial charge < -0.3 is 0 Å². The zero-order chi connectivity index (χ0) is 7.84. The molecular formula is C8H8N2S. The van der Waals surface area contributed by atoms with Gasteiger partial charge in [-0.15, -0.1) is 11.3 Å². The van der Waals surface area contributed by atoms with Crippen LogP contribution in [0.5, 0.6) is 0 Å². The van der Waals surface area contributed by atoms with Gasteiger partial charge in [-0.05, 0) is 25.5 Å². The summed E-state index contributed by atoms with van der Waals surface area (Å²) in [5.41, 5.74) is 2.15. The fourth-order valence-corrected chi connectivity index (χ4v) is 1.90. The largest absolute Gasteiger partial charge is 0.236 e. The second-order valence-corrected chi connectivity index (χ2v) is 3.72. The minimum absolute atomic E-state index is 0.882. The van der Waals surface area contributed by atoms with Crippen LogP contribution in [0.15, 0.2) is 12.3 Å². The van der Waals surface area contributed by atoms with E-state index in [1.807, 2.05) is 13.0 Å². The first-order valence-corrected chi connectivity index (χ1v) is 4.28. The van der Waals surface area contributed by atoms with Crippen LogP contribution in [0.4, 0.5) is 0 Å². The maximum atomic E-state index is 4.28. The number of thiazole rings is 1. The van der Waals surface area contributed by atoms with Crippen molar-refractivity contribution in [3.8, 4) is 0 Å². The molecule has 2 heterocycles. The van der Waals surface area contributed by atoms with Crippen LogP contribution in [0.25, 0.3) is 10.3 Å². The van der Waals surface area contributed by atoms with Gasteiger partial charge in [0.15, 0.2) is 5.65 Å². The average Bonchev–Trinajstić information content (AvgIpc) is 2.31. The van der Waals surface area contributed by atoms with E-state index in [1.165, 1.54) is 10.3 Å². The van der Waals surface area contributed by atoms with Gasteiger partial charge >= 0.3 is 0 Å². The van der Waals surface area contributed by atoms with Gasteiger partial charge in [0.1, 0.15) is 0 Å². The third-order valence-corrected chi connectivity index (χ3v) is 2.69. The zero-order valence-electron chi connectivity index (χ0n) is 6.46. The molecule has 56 valence electrons. The van der Waals surface area contributed by atoms with Gasteiger partial charge in [-0.25, -0.2) is 9.97 Å². The lowest BCUT2D eigenvalue weighted by Crippen LogP contribution is -1.77. The molecule has 11 heavy (non-hydrogen) atoms. The molecule has 3 heteroatoms. The summed E-state index contributed by atoms with van der Waals surface area (Å²) in [5.74, 6) is 0. The summed E-state index contributed by atoms with van der Waals surface area (Å²) in [6.07, 6.45) is 1.80. The smallest absolute Gasteiger partial charge is 0.170 e. The van der Waals surface area contributed by atoms with Crippen LogP contribution in [-0.4, -0.2) is 9.97 Å². The summed E-state index contributed by atoms with van der Waals surface area (Å²) >= 11 is 1.71. The van der Waals surface area contributed by atoms with E-state index in [4.69, 9.17) is 0 Å². The summed E-state index contributed by atoms with van der Waals surface area (Å²) in [6, 6.07) is 2.01. The lowest BCUT2D eigenvalue weighted by molar-refractivity contribution is 1.26. The average molecular weight is 164 g/mol. The maximum Gasteiger partial charge on any atom is 0.170 e. The van der Waals surface area contributed by atoms with E-state index in [9.17, 15) is 0 Å². The molecule has 0 spiro atoms. The molecular weight excluding hydrogens is 156 g/mol. The number of hydrogen-bond acceptors (Lipinski definition) is 3. The number of hydrogen-bond donors (Lipinski definition) is 0. The van der Waals surface area contributed by atoms with E-state index in [-0.39, 0.29) is 0 Å². The molecule has 0 aliphatic heterocycles. The highest BCUT2D eigenvalue weighted by Gasteiger charge is 2.01. The molecule has 2 aromatic heterocycles. The highest BCUT2D eigenvalue weighted by Crippen LogP contribution is 2.22. The Kier molecular flexibility index (Phi) is 1.39. The minimum Gasteiger partial charge on any atom is -0.236 e. The van der Waals surface area contributed by atoms with Crippen molar-refractivity contribution in [3.05, 3.63) is 22.8 Å². The predicted octanol–water partition coefficient (Wildman–Crippen LogP) is 2.31. The van der Waals surface area contributed by atoms with Crippen LogP contribution >= 0.6 is 11.3 Å². The van der Waals surface area contributed by atoms with Crippen molar-refractivity contribution in [1.82, 2.24) is 9.97 Å². The first-order valence-electron chi connectivity index (χ1n) is 3.46. The Balaban J connectivity index is 2.90. The van der Waals surface area contributed by atoms with E-state index in [0.29, 0.717) is 0 Å². The van der Waals surface area contributed by atoms with Crippen LogP contribution < -0.4 is 0 Å². The van der Waals surface area contributed by atoms with Gasteiger partial charge in [0.05, 0.1) is 9.71 Å². The lowest BCUT2D eigenvalue weighted by atomic mass is 10.3.